The summed E-state index contributed by atoms with van der Waals surface area (Å²) < 4.78 is 30.0. The Kier molecular flexibility index (Phi) is 4.41. The molecule has 1 aromatic carbocycles. The van der Waals surface area contributed by atoms with Crippen LogP contribution in [0.25, 0.3) is 0 Å². The molecule has 0 unspecified atom stereocenters. The zero-order valence-electron chi connectivity index (χ0n) is 8.35. The second-order valence-electron chi connectivity index (χ2n) is 2.38. The Morgan fingerprint density at radius 1 is 1.38 bits per heavy atom. The molecule has 0 saturated heterocycles. The van der Waals surface area contributed by atoms with Gasteiger partial charge in [0.1, 0.15) is 10.6 Å². The van der Waals surface area contributed by atoms with Crippen LogP contribution in [0, 0.1) is 6.92 Å². The van der Waals surface area contributed by atoms with Crippen molar-refractivity contribution in [1.29, 1.82) is 0 Å². The first-order valence-corrected chi connectivity index (χ1v) is 4.63. The zero-order chi connectivity index (χ0) is 9.35. The monoisotopic (exact) mass is 212 g/mol. The number of hydrogen-bond donors (Lipinski definition) is 2. The Balaban J connectivity index is 0. The third-order valence-corrected chi connectivity index (χ3v) is 2.53. The summed E-state index contributed by atoms with van der Waals surface area (Å²) in [5.74, 6) is -0.148. The van der Waals surface area contributed by atoms with Gasteiger partial charge in [0.15, 0.2) is 0 Å². The average molecular weight is 212 g/mol. The Morgan fingerprint density at radius 2 is 1.92 bits per heavy atom. The van der Waals surface area contributed by atoms with Crippen LogP contribution < -0.4 is 29.6 Å². The Labute approximate surface area is 100 Å². The number of hydrogen-bond acceptors (Lipinski definition) is 3. The summed E-state index contributed by atoms with van der Waals surface area (Å²) in [6, 6.07) is 3.93. The van der Waals surface area contributed by atoms with Crippen molar-refractivity contribution in [3.8, 4) is 5.75 Å². The minimum atomic E-state index is -4.22. The van der Waals surface area contributed by atoms with E-state index in [1.807, 2.05) is 0 Å². The molecule has 13 heavy (non-hydrogen) atoms. The minimum Gasteiger partial charge on any atom is -1.00 e. The summed E-state index contributed by atoms with van der Waals surface area (Å²) in [4.78, 5) is -0.262. The van der Waals surface area contributed by atoms with Gasteiger partial charge in [-0.25, -0.2) is 0 Å². The summed E-state index contributed by atoms with van der Waals surface area (Å²) in [6.45, 7) is 1.42. The predicted octanol–water partition coefficient (Wildman–Crippen LogP) is -1.94. The van der Waals surface area contributed by atoms with Gasteiger partial charge < -0.3 is 6.53 Å². The van der Waals surface area contributed by atoms with Gasteiger partial charge in [-0.3, -0.25) is 4.55 Å². The second-order valence-corrected chi connectivity index (χ2v) is 3.77. The smallest absolute Gasteiger partial charge is 1.00 e. The molecule has 1 rings (SSSR count). The summed E-state index contributed by atoms with van der Waals surface area (Å²) in [5.41, 5.74) is 0.153. The third kappa shape index (κ3) is 2.96. The van der Waals surface area contributed by atoms with Crippen molar-refractivity contribution in [1.82, 2.24) is 0 Å². The van der Waals surface area contributed by atoms with Crippen molar-refractivity contribution < 1.29 is 49.1 Å². The van der Waals surface area contributed by atoms with Crippen LogP contribution in [0.1, 0.15) is 6.99 Å². The van der Waals surface area contributed by atoms with E-state index in [2.05, 4.69) is 0 Å². The second kappa shape index (κ2) is 4.43. The molecule has 1 aromatic rings. The Morgan fingerprint density at radius 3 is 2.31 bits per heavy atom. The average Bonchev–Trinajstić information content (AvgIpc) is 1.92. The number of rotatable bonds is 1. The molecular weight excluding hydrogens is 203 g/mol. The molecule has 0 fully saturated rings. The van der Waals surface area contributed by atoms with Crippen molar-refractivity contribution in [2.75, 3.05) is 0 Å². The predicted molar refractivity (Wildman–Crippen MR) is 43.8 cm³/mol. The van der Waals surface area contributed by atoms with Crippen molar-refractivity contribution in [2.24, 2.45) is 0 Å². The molecule has 0 bridgehead atoms. The fourth-order valence-electron chi connectivity index (χ4n) is 0.882. The molecule has 0 aliphatic carbocycles. The van der Waals surface area contributed by atoms with Gasteiger partial charge in [-0.05, 0) is 19.1 Å². The number of phenols is 1. The normalized spacial score (nSPS) is 10.6. The quantitative estimate of drug-likeness (QED) is 0.419. The van der Waals surface area contributed by atoms with Crippen molar-refractivity contribution >= 4 is 10.1 Å². The van der Waals surface area contributed by atoms with Crippen molar-refractivity contribution in [3.63, 3.8) is 0 Å². The van der Waals surface area contributed by atoms with Crippen LogP contribution in [0.3, 0.4) is 0 Å². The first kappa shape index (κ1) is 12.9. The fraction of sp³-hybridized carbons (Fsp3) is 0.143. The van der Waals surface area contributed by atoms with Gasteiger partial charge >= 0.3 is 29.6 Å². The molecule has 0 spiro atoms. The van der Waals surface area contributed by atoms with E-state index in [0.717, 1.165) is 0 Å². The van der Waals surface area contributed by atoms with Gasteiger partial charge in [-0.15, -0.1) is 0 Å². The van der Waals surface area contributed by atoms with E-state index < -0.39 is 10.1 Å². The van der Waals surface area contributed by atoms with Gasteiger partial charge in [-0.1, -0.05) is 6.07 Å². The van der Waals surface area contributed by atoms with E-state index in [1.165, 1.54) is 25.1 Å². The maximum Gasteiger partial charge on any atom is 1.00 e. The molecule has 2 N–H and O–H groups in total. The molecule has 0 radical (unpaired) electrons. The first-order valence-electron chi connectivity index (χ1n) is 3.19. The molecule has 0 atom stereocenters. The van der Waals surface area contributed by atoms with E-state index in [1.54, 1.807) is 0 Å². The SMILES string of the molecule is Cc1c(O)cccc1S(=O)(=O)O.[H-].[Na+]. The first-order chi connectivity index (χ1) is 5.43. The van der Waals surface area contributed by atoms with Gasteiger partial charge in [0.2, 0.25) is 0 Å². The van der Waals surface area contributed by atoms with Crippen LogP contribution in [-0.4, -0.2) is 18.1 Å². The van der Waals surface area contributed by atoms with E-state index in [-0.39, 0.29) is 47.2 Å². The van der Waals surface area contributed by atoms with E-state index in [9.17, 15) is 8.42 Å². The maximum absolute atomic E-state index is 10.7. The van der Waals surface area contributed by atoms with Crippen LogP contribution in [0.5, 0.6) is 5.75 Å². The Bertz CT molecular complexity index is 404. The van der Waals surface area contributed by atoms with Crippen molar-refractivity contribution in [2.45, 2.75) is 11.8 Å². The van der Waals surface area contributed by atoms with Gasteiger partial charge in [0, 0.05) is 5.56 Å². The molecule has 0 amide bonds. The Hall–Kier alpha value is -0.0700. The molecule has 4 nitrogen and oxygen atoms in total. The topological polar surface area (TPSA) is 74.6 Å². The van der Waals surface area contributed by atoms with Crippen LogP contribution in [0.2, 0.25) is 0 Å². The minimum absolute atomic E-state index is 0. The molecule has 0 saturated carbocycles. The van der Waals surface area contributed by atoms with Crippen molar-refractivity contribution in [3.05, 3.63) is 23.8 Å². The third-order valence-electron chi connectivity index (χ3n) is 1.53. The van der Waals surface area contributed by atoms with Gasteiger partial charge in [0.25, 0.3) is 10.1 Å². The van der Waals surface area contributed by atoms with Crippen LogP contribution in [0.15, 0.2) is 23.1 Å². The molecular formula is C7H9NaO4S. The molecule has 68 valence electrons. The largest absolute Gasteiger partial charge is 1.00 e. The van der Waals surface area contributed by atoms with Crippen LogP contribution in [-0.2, 0) is 10.1 Å². The molecule has 0 aliphatic heterocycles. The standard InChI is InChI=1S/C7H8O4S.Na.H/c1-5-6(8)3-2-4-7(5)12(9,10)11;;/h2-4,8H,1H3,(H,9,10,11);;/q;+1;-1. The van der Waals surface area contributed by atoms with E-state index in [4.69, 9.17) is 9.66 Å². The van der Waals surface area contributed by atoms with Crippen LogP contribution >= 0.6 is 0 Å². The van der Waals surface area contributed by atoms with Crippen LogP contribution in [0.4, 0.5) is 0 Å². The number of phenolic OH excluding ortho intramolecular Hbond substituents is 1. The summed E-state index contributed by atoms with van der Waals surface area (Å²) in [7, 11) is -4.22. The molecule has 0 aromatic heterocycles. The number of benzene rings is 1. The summed E-state index contributed by atoms with van der Waals surface area (Å²) in [5, 5.41) is 9.09. The fourth-order valence-corrected chi connectivity index (χ4v) is 1.62. The summed E-state index contributed by atoms with van der Waals surface area (Å²) >= 11 is 0. The van der Waals surface area contributed by atoms with Gasteiger partial charge in [-0.2, -0.15) is 8.42 Å². The molecule has 0 heterocycles. The maximum atomic E-state index is 10.7. The van der Waals surface area contributed by atoms with E-state index in [0.29, 0.717) is 0 Å². The van der Waals surface area contributed by atoms with Gasteiger partial charge in [0.05, 0.1) is 0 Å². The van der Waals surface area contributed by atoms with E-state index >= 15 is 0 Å². The summed E-state index contributed by atoms with van der Waals surface area (Å²) in [6.07, 6.45) is 0. The molecule has 0 aliphatic rings. The number of aromatic hydroxyl groups is 1. The zero-order valence-corrected chi connectivity index (χ0v) is 10.2. The molecule has 6 heteroatoms.